The van der Waals surface area contributed by atoms with E-state index in [9.17, 15) is 4.79 Å². The zero-order valence-electron chi connectivity index (χ0n) is 9.13. The summed E-state index contributed by atoms with van der Waals surface area (Å²) >= 11 is 2.02. The maximum Gasteiger partial charge on any atom is 0.233 e. The van der Waals surface area contributed by atoms with Gasteiger partial charge in [-0.15, -0.1) is 0 Å². The van der Waals surface area contributed by atoms with Gasteiger partial charge in [-0.25, -0.2) is 0 Å². The monoisotopic (exact) mass is 228 g/mol. The molecular formula is C11H20N2OS. The minimum Gasteiger partial charge on any atom is -0.355 e. The first-order valence-electron chi connectivity index (χ1n) is 5.90. The first-order chi connectivity index (χ1) is 7.34. The molecule has 0 spiro atoms. The molecule has 86 valence electrons. The molecule has 3 nitrogen and oxygen atoms in total. The summed E-state index contributed by atoms with van der Waals surface area (Å²) in [6.45, 7) is 2.39. The third-order valence-corrected chi connectivity index (χ3v) is 4.26. The van der Waals surface area contributed by atoms with Crippen LogP contribution in [-0.4, -0.2) is 37.0 Å². The van der Waals surface area contributed by atoms with Crippen molar-refractivity contribution in [2.45, 2.75) is 19.3 Å². The maximum atomic E-state index is 11.4. The highest BCUT2D eigenvalue weighted by atomic mass is 32.2. The summed E-state index contributed by atoms with van der Waals surface area (Å²) in [5.74, 6) is 4.27. The number of hydrogen-bond acceptors (Lipinski definition) is 3. The Labute approximate surface area is 95.8 Å². The summed E-state index contributed by atoms with van der Waals surface area (Å²) < 4.78 is 0. The minimum atomic E-state index is 0.160. The third-order valence-electron chi connectivity index (χ3n) is 3.03. The molecule has 1 aliphatic heterocycles. The fourth-order valence-electron chi connectivity index (χ4n) is 1.78. The van der Waals surface area contributed by atoms with Gasteiger partial charge in [0.05, 0.1) is 6.54 Å². The van der Waals surface area contributed by atoms with Gasteiger partial charge in [-0.3, -0.25) is 4.79 Å². The molecule has 0 aromatic carbocycles. The van der Waals surface area contributed by atoms with Crippen LogP contribution in [0.25, 0.3) is 0 Å². The Morgan fingerprint density at radius 1 is 1.20 bits per heavy atom. The summed E-state index contributed by atoms with van der Waals surface area (Å²) in [5, 5.41) is 6.21. The highest BCUT2D eigenvalue weighted by molar-refractivity contribution is 7.99. The predicted octanol–water partition coefficient (Wildman–Crippen LogP) is 0.855. The summed E-state index contributed by atoms with van der Waals surface area (Å²) in [7, 11) is 0. The van der Waals surface area contributed by atoms with Crippen LogP contribution in [0, 0.1) is 11.8 Å². The predicted molar refractivity (Wildman–Crippen MR) is 64.0 cm³/mol. The van der Waals surface area contributed by atoms with E-state index in [1.807, 2.05) is 11.8 Å². The Morgan fingerprint density at radius 2 is 2.07 bits per heavy atom. The number of carbonyl (C=O) groups excluding carboxylic acids is 1. The zero-order valence-corrected chi connectivity index (χ0v) is 9.94. The van der Waals surface area contributed by atoms with Gasteiger partial charge in [0.15, 0.2) is 0 Å². The summed E-state index contributed by atoms with van der Waals surface area (Å²) in [4.78, 5) is 11.4. The molecular weight excluding hydrogens is 208 g/mol. The second-order valence-corrected chi connectivity index (χ2v) is 5.76. The van der Waals surface area contributed by atoms with Gasteiger partial charge in [0.25, 0.3) is 0 Å². The first-order valence-corrected chi connectivity index (χ1v) is 7.05. The quantitative estimate of drug-likeness (QED) is 0.708. The molecule has 1 heterocycles. The lowest BCUT2D eigenvalue weighted by molar-refractivity contribution is -0.120. The van der Waals surface area contributed by atoms with Crippen molar-refractivity contribution < 1.29 is 4.79 Å². The molecule has 2 rings (SSSR count). The fourth-order valence-corrected chi connectivity index (χ4v) is 3.06. The third kappa shape index (κ3) is 4.43. The van der Waals surface area contributed by atoms with Crippen LogP contribution in [0.2, 0.25) is 0 Å². The average Bonchev–Trinajstić information content (AvgIpc) is 2.92. The van der Waals surface area contributed by atoms with E-state index < -0.39 is 0 Å². The molecule has 4 heteroatoms. The van der Waals surface area contributed by atoms with E-state index in [2.05, 4.69) is 10.6 Å². The molecule has 15 heavy (non-hydrogen) atoms. The number of hydrogen-bond donors (Lipinski definition) is 2. The number of amides is 1. The van der Waals surface area contributed by atoms with Gasteiger partial charge in [0.1, 0.15) is 0 Å². The van der Waals surface area contributed by atoms with Crippen molar-refractivity contribution in [2.75, 3.05) is 31.1 Å². The summed E-state index contributed by atoms with van der Waals surface area (Å²) in [6, 6.07) is 0. The van der Waals surface area contributed by atoms with Gasteiger partial charge in [-0.1, -0.05) is 0 Å². The molecule has 0 radical (unpaired) electrons. The van der Waals surface area contributed by atoms with Crippen LogP contribution in [0.4, 0.5) is 0 Å². The Bertz CT molecular complexity index is 213. The highest BCUT2D eigenvalue weighted by Crippen LogP contribution is 2.27. The SMILES string of the molecule is O=C(CNCC1CCSC1)NCC1CC1. The number of carbonyl (C=O) groups is 1. The molecule has 1 saturated heterocycles. The van der Waals surface area contributed by atoms with Gasteiger partial charge >= 0.3 is 0 Å². The van der Waals surface area contributed by atoms with Crippen molar-refractivity contribution in [3.8, 4) is 0 Å². The molecule has 1 amide bonds. The lowest BCUT2D eigenvalue weighted by atomic mass is 10.1. The number of rotatable bonds is 6. The van der Waals surface area contributed by atoms with Gasteiger partial charge in [-0.2, -0.15) is 11.8 Å². The maximum absolute atomic E-state index is 11.4. The molecule has 1 aliphatic carbocycles. The molecule has 1 atom stereocenters. The van der Waals surface area contributed by atoms with Crippen LogP contribution in [0.5, 0.6) is 0 Å². The van der Waals surface area contributed by atoms with Crippen LogP contribution in [0.3, 0.4) is 0 Å². The minimum absolute atomic E-state index is 0.160. The van der Waals surface area contributed by atoms with Gasteiger partial charge in [0.2, 0.25) is 5.91 Å². The largest absolute Gasteiger partial charge is 0.355 e. The summed E-state index contributed by atoms with van der Waals surface area (Å²) in [6.07, 6.45) is 3.90. The van der Waals surface area contributed by atoms with Crippen LogP contribution < -0.4 is 10.6 Å². The average molecular weight is 228 g/mol. The van der Waals surface area contributed by atoms with Crippen LogP contribution in [-0.2, 0) is 4.79 Å². The second-order valence-electron chi connectivity index (χ2n) is 4.61. The van der Waals surface area contributed by atoms with E-state index in [4.69, 9.17) is 0 Å². The molecule has 2 fully saturated rings. The molecule has 1 saturated carbocycles. The topological polar surface area (TPSA) is 41.1 Å². The molecule has 0 bridgehead atoms. The highest BCUT2D eigenvalue weighted by Gasteiger charge is 2.21. The first kappa shape index (κ1) is 11.3. The lowest BCUT2D eigenvalue weighted by Gasteiger charge is -2.09. The normalized spacial score (nSPS) is 25.5. The van der Waals surface area contributed by atoms with Crippen molar-refractivity contribution >= 4 is 17.7 Å². The van der Waals surface area contributed by atoms with Crippen LogP contribution in [0.15, 0.2) is 0 Å². The van der Waals surface area contributed by atoms with Crippen molar-refractivity contribution in [3.63, 3.8) is 0 Å². The van der Waals surface area contributed by atoms with Gasteiger partial charge in [-0.05, 0) is 49.1 Å². The summed E-state index contributed by atoms with van der Waals surface area (Å²) in [5.41, 5.74) is 0. The van der Waals surface area contributed by atoms with Crippen molar-refractivity contribution in [3.05, 3.63) is 0 Å². The zero-order chi connectivity index (χ0) is 10.5. The van der Waals surface area contributed by atoms with Crippen molar-refractivity contribution in [1.82, 2.24) is 10.6 Å². The smallest absolute Gasteiger partial charge is 0.233 e. The fraction of sp³-hybridized carbons (Fsp3) is 0.909. The molecule has 0 aromatic heterocycles. The lowest BCUT2D eigenvalue weighted by Crippen LogP contribution is -2.36. The Balaban J connectivity index is 1.46. The Kier molecular flexibility index (Phi) is 4.32. The van der Waals surface area contributed by atoms with Gasteiger partial charge in [0, 0.05) is 6.54 Å². The van der Waals surface area contributed by atoms with E-state index in [1.54, 1.807) is 0 Å². The van der Waals surface area contributed by atoms with E-state index >= 15 is 0 Å². The number of nitrogens with one attached hydrogen (secondary N) is 2. The Hall–Kier alpha value is -0.220. The Morgan fingerprint density at radius 3 is 2.73 bits per heavy atom. The van der Waals surface area contributed by atoms with Crippen LogP contribution >= 0.6 is 11.8 Å². The van der Waals surface area contributed by atoms with Crippen molar-refractivity contribution in [2.24, 2.45) is 11.8 Å². The molecule has 2 N–H and O–H groups in total. The van der Waals surface area contributed by atoms with E-state index in [0.717, 1.165) is 24.9 Å². The van der Waals surface area contributed by atoms with E-state index in [1.165, 1.54) is 30.8 Å². The van der Waals surface area contributed by atoms with Crippen molar-refractivity contribution in [1.29, 1.82) is 0 Å². The number of thioether (sulfide) groups is 1. The molecule has 2 aliphatic rings. The molecule has 0 aromatic rings. The molecule has 1 unspecified atom stereocenters. The standard InChI is InChI=1S/C11H20N2OS/c14-11(13-6-9-1-2-9)7-12-5-10-3-4-15-8-10/h9-10,12H,1-8H2,(H,13,14). The second kappa shape index (κ2) is 5.75. The van der Waals surface area contributed by atoms with E-state index in [-0.39, 0.29) is 5.91 Å². The van der Waals surface area contributed by atoms with Gasteiger partial charge < -0.3 is 10.6 Å². The van der Waals surface area contributed by atoms with E-state index in [0.29, 0.717) is 6.54 Å². The van der Waals surface area contributed by atoms with Crippen LogP contribution in [0.1, 0.15) is 19.3 Å².